The van der Waals surface area contributed by atoms with E-state index >= 15 is 0 Å². The van der Waals surface area contributed by atoms with Gasteiger partial charge in [0.1, 0.15) is 23.9 Å². The number of aliphatic hydroxyl groups excluding tert-OH is 1. The number of ether oxygens (including phenoxy) is 1. The Bertz CT molecular complexity index is 1110. The van der Waals surface area contributed by atoms with E-state index < -0.39 is 17.2 Å². The van der Waals surface area contributed by atoms with E-state index in [9.17, 15) is 13.6 Å². The van der Waals surface area contributed by atoms with E-state index in [1.165, 1.54) is 18.2 Å². The summed E-state index contributed by atoms with van der Waals surface area (Å²) in [4.78, 5) is 17.4. The van der Waals surface area contributed by atoms with Crippen LogP contribution >= 0.6 is 0 Å². The van der Waals surface area contributed by atoms with Crippen molar-refractivity contribution in [2.45, 2.75) is 39.8 Å². The number of rotatable bonds is 9. The van der Waals surface area contributed by atoms with Crippen molar-refractivity contribution >= 4 is 11.6 Å². The number of β-amino-alcohol motifs (C(OH)–C–C–N with tert-alkyl or cyclic N) is 1. The summed E-state index contributed by atoms with van der Waals surface area (Å²) in [5, 5.41) is 15.0. The van der Waals surface area contributed by atoms with Gasteiger partial charge >= 0.3 is 0 Å². The fourth-order valence-corrected chi connectivity index (χ4v) is 3.40. The highest BCUT2D eigenvalue weighted by atomic mass is 19.1. The molecule has 0 saturated heterocycles. The third-order valence-electron chi connectivity index (χ3n) is 5.05. The van der Waals surface area contributed by atoms with Crippen LogP contribution in [0.4, 0.5) is 8.78 Å². The Hall–Kier alpha value is -3.04. The number of hydrogen-bond donors (Lipinski definition) is 3. The molecule has 3 aromatic rings. The summed E-state index contributed by atoms with van der Waals surface area (Å²) >= 11 is 0. The molecule has 0 fully saturated rings. The molecule has 0 aliphatic carbocycles. The number of pyridine rings is 1. The van der Waals surface area contributed by atoms with E-state index in [0.29, 0.717) is 35.9 Å². The zero-order valence-electron chi connectivity index (χ0n) is 18.6. The molecule has 2 aromatic heterocycles. The van der Waals surface area contributed by atoms with Crippen LogP contribution in [0.3, 0.4) is 0 Å². The molecule has 3 rings (SSSR count). The van der Waals surface area contributed by atoms with E-state index in [-0.39, 0.29) is 24.7 Å². The molecular weight excluding hydrogens is 418 g/mol. The van der Waals surface area contributed by atoms with Crippen LogP contribution in [-0.4, -0.2) is 45.6 Å². The van der Waals surface area contributed by atoms with Gasteiger partial charge in [0.25, 0.3) is 5.91 Å². The summed E-state index contributed by atoms with van der Waals surface area (Å²) in [5.74, 6) is -1.37. The van der Waals surface area contributed by atoms with Crippen LogP contribution in [0.15, 0.2) is 30.5 Å². The van der Waals surface area contributed by atoms with Gasteiger partial charge in [0.2, 0.25) is 0 Å². The molecule has 1 amide bonds. The number of imidazole rings is 1. The highest BCUT2D eigenvalue weighted by Crippen LogP contribution is 2.26. The van der Waals surface area contributed by atoms with Gasteiger partial charge in [0, 0.05) is 24.8 Å². The Balaban J connectivity index is 1.86. The SMILES string of the molecule is Cc1cc(OCc2c(F)cccc2F)c2nc(C)c(C(=O)NCC(C)(C)NCCO)n2c1. The Labute approximate surface area is 185 Å². The minimum atomic E-state index is -0.689. The molecular formula is C23H28F2N4O3. The molecule has 172 valence electrons. The Kier molecular flexibility index (Phi) is 7.10. The smallest absolute Gasteiger partial charge is 0.270 e. The molecule has 0 saturated carbocycles. The van der Waals surface area contributed by atoms with Crippen LogP contribution in [0.2, 0.25) is 0 Å². The molecule has 2 heterocycles. The molecule has 0 radical (unpaired) electrons. The van der Waals surface area contributed by atoms with Gasteiger partial charge in [-0.2, -0.15) is 0 Å². The van der Waals surface area contributed by atoms with Gasteiger partial charge < -0.3 is 20.5 Å². The zero-order valence-corrected chi connectivity index (χ0v) is 18.6. The number of aromatic nitrogens is 2. The first-order chi connectivity index (χ1) is 15.1. The van der Waals surface area contributed by atoms with Gasteiger partial charge in [-0.1, -0.05) is 6.07 Å². The van der Waals surface area contributed by atoms with E-state index in [4.69, 9.17) is 9.84 Å². The number of carbonyl (C=O) groups is 1. The second-order valence-corrected chi connectivity index (χ2v) is 8.33. The van der Waals surface area contributed by atoms with Gasteiger partial charge in [0.15, 0.2) is 11.4 Å². The van der Waals surface area contributed by atoms with E-state index in [2.05, 4.69) is 15.6 Å². The Morgan fingerprint density at radius 1 is 1.25 bits per heavy atom. The molecule has 9 heteroatoms. The van der Waals surface area contributed by atoms with Crippen LogP contribution < -0.4 is 15.4 Å². The number of halogens is 2. The zero-order chi connectivity index (χ0) is 23.5. The number of nitrogens with one attached hydrogen (secondary N) is 2. The van der Waals surface area contributed by atoms with Crippen molar-refractivity contribution in [2.24, 2.45) is 0 Å². The Morgan fingerprint density at radius 2 is 1.94 bits per heavy atom. The molecule has 0 bridgehead atoms. The van der Waals surface area contributed by atoms with Crippen molar-refractivity contribution < 1.29 is 23.4 Å². The highest BCUT2D eigenvalue weighted by molar-refractivity contribution is 5.95. The third-order valence-corrected chi connectivity index (χ3v) is 5.05. The molecule has 0 spiro atoms. The molecule has 32 heavy (non-hydrogen) atoms. The first-order valence-corrected chi connectivity index (χ1v) is 10.3. The van der Waals surface area contributed by atoms with Crippen LogP contribution in [0.25, 0.3) is 5.65 Å². The van der Waals surface area contributed by atoms with Crippen LogP contribution in [0.5, 0.6) is 5.75 Å². The molecule has 1 aromatic carbocycles. The van der Waals surface area contributed by atoms with Gasteiger partial charge in [-0.05, 0) is 51.5 Å². The van der Waals surface area contributed by atoms with E-state index in [1.807, 2.05) is 20.8 Å². The summed E-state index contributed by atoms with van der Waals surface area (Å²) in [6.07, 6.45) is 1.76. The quantitative estimate of drug-likeness (QED) is 0.471. The van der Waals surface area contributed by atoms with Gasteiger partial charge in [0.05, 0.1) is 17.9 Å². The first kappa shape index (κ1) is 23.6. The number of hydrogen-bond acceptors (Lipinski definition) is 5. The lowest BCUT2D eigenvalue weighted by atomic mass is 10.1. The van der Waals surface area contributed by atoms with Gasteiger partial charge in [-0.15, -0.1) is 0 Å². The standard InChI is InChI=1S/C23H28F2N4O3/c1-14-10-19(32-12-16-17(24)6-5-7-18(16)25)21-28-15(2)20(29(21)11-14)22(31)26-13-23(3,4)27-8-9-30/h5-7,10-11,27,30H,8-9,12-13H2,1-4H3,(H,26,31). The number of benzene rings is 1. The average molecular weight is 446 g/mol. The van der Waals surface area contributed by atoms with Crippen molar-refractivity contribution in [1.29, 1.82) is 0 Å². The second-order valence-electron chi connectivity index (χ2n) is 8.33. The largest absolute Gasteiger partial charge is 0.485 e. The molecule has 7 nitrogen and oxygen atoms in total. The summed E-state index contributed by atoms with van der Waals surface area (Å²) in [5.41, 5.74) is 1.43. The van der Waals surface area contributed by atoms with Crippen molar-refractivity contribution in [3.8, 4) is 5.75 Å². The number of carbonyl (C=O) groups excluding carboxylic acids is 1. The lowest BCUT2D eigenvalue weighted by molar-refractivity contribution is 0.0935. The predicted molar refractivity (Wildman–Crippen MR) is 117 cm³/mol. The van der Waals surface area contributed by atoms with E-state index in [0.717, 1.165) is 5.56 Å². The van der Waals surface area contributed by atoms with Crippen molar-refractivity contribution in [1.82, 2.24) is 20.0 Å². The minimum absolute atomic E-state index is 0.00256. The maximum absolute atomic E-state index is 14.0. The van der Waals surface area contributed by atoms with Crippen LogP contribution in [0, 0.1) is 25.5 Å². The molecule has 0 aliphatic heterocycles. The number of fused-ring (bicyclic) bond motifs is 1. The molecule has 0 atom stereocenters. The number of nitrogens with zero attached hydrogens (tertiary/aromatic N) is 2. The Morgan fingerprint density at radius 3 is 2.59 bits per heavy atom. The monoisotopic (exact) mass is 446 g/mol. The normalized spacial score (nSPS) is 11.7. The second kappa shape index (κ2) is 9.62. The summed E-state index contributed by atoms with van der Waals surface area (Å²) in [7, 11) is 0. The van der Waals surface area contributed by atoms with Crippen LogP contribution in [-0.2, 0) is 6.61 Å². The first-order valence-electron chi connectivity index (χ1n) is 10.3. The van der Waals surface area contributed by atoms with Gasteiger partial charge in [-0.25, -0.2) is 13.8 Å². The molecule has 3 N–H and O–H groups in total. The lowest BCUT2D eigenvalue weighted by Gasteiger charge is -2.26. The van der Waals surface area contributed by atoms with Gasteiger partial charge in [-0.3, -0.25) is 9.20 Å². The molecule has 0 aliphatic rings. The minimum Gasteiger partial charge on any atom is -0.485 e. The summed E-state index contributed by atoms with van der Waals surface area (Å²) in [6.45, 7) is 7.82. The maximum Gasteiger partial charge on any atom is 0.270 e. The molecule has 0 unspecified atom stereocenters. The van der Waals surface area contributed by atoms with Crippen molar-refractivity contribution in [2.75, 3.05) is 19.7 Å². The van der Waals surface area contributed by atoms with Crippen LogP contribution in [0.1, 0.15) is 41.2 Å². The maximum atomic E-state index is 14.0. The number of aryl methyl sites for hydroxylation is 2. The summed E-state index contributed by atoms with van der Waals surface area (Å²) < 4.78 is 35.3. The average Bonchev–Trinajstić information content (AvgIpc) is 3.06. The summed E-state index contributed by atoms with van der Waals surface area (Å²) in [6, 6.07) is 5.35. The van der Waals surface area contributed by atoms with E-state index in [1.54, 1.807) is 23.6 Å². The van der Waals surface area contributed by atoms with Crippen molar-refractivity contribution in [3.63, 3.8) is 0 Å². The topological polar surface area (TPSA) is 87.9 Å². The number of amides is 1. The van der Waals surface area contributed by atoms with Crippen molar-refractivity contribution in [3.05, 3.63) is 64.6 Å². The lowest BCUT2D eigenvalue weighted by Crippen LogP contribution is -2.50. The fraction of sp³-hybridized carbons (Fsp3) is 0.391. The predicted octanol–water partition coefficient (Wildman–Crippen LogP) is 2.90. The number of aliphatic hydroxyl groups is 1. The fourth-order valence-electron chi connectivity index (χ4n) is 3.40. The highest BCUT2D eigenvalue weighted by Gasteiger charge is 2.23. The third kappa shape index (κ3) is 5.23.